The molecular weight excluding hydrogens is 314 g/mol. The van der Waals surface area contributed by atoms with Crippen LogP contribution in [0.15, 0.2) is 48.5 Å². The Balaban J connectivity index is 1.58. The minimum atomic E-state index is -0.895. The van der Waals surface area contributed by atoms with Gasteiger partial charge in [-0.2, -0.15) is 0 Å². The Morgan fingerprint density at radius 3 is 2.44 bits per heavy atom. The van der Waals surface area contributed by atoms with Crippen LogP contribution in [0.1, 0.15) is 39.9 Å². The van der Waals surface area contributed by atoms with Gasteiger partial charge in [0.2, 0.25) is 0 Å². The monoisotopic (exact) mass is 339 g/mol. The van der Waals surface area contributed by atoms with Gasteiger partial charge in [-0.15, -0.1) is 0 Å². The average Bonchev–Trinajstić information content (AvgIpc) is 2.57. The lowest BCUT2D eigenvalue weighted by Gasteiger charge is -2.38. The maximum atomic E-state index is 11.1. The molecule has 2 aromatic rings. The van der Waals surface area contributed by atoms with Gasteiger partial charge < -0.3 is 10.2 Å². The summed E-state index contributed by atoms with van der Waals surface area (Å²) in [5, 5.41) is 20.0. The molecule has 0 saturated carbocycles. The maximum absolute atomic E-state index is 11.1. The SMILES string of the molecule is Cc1cccc(CC2(O)CCN(Cc3cccc(C(=O)O)c3)CC2)c1. The van der Waals surface area contributed by atoms with Crippen LogP contribution in [0.4, 0.5) is 0 Å². The molecule has 1 heterocycles. The van der Waals surface area contributed by atoms with E-state index in [-0.39, 0.29) is 0 Å². The number of rotatable bonds is 5. The number of carboxylic acids is 1. The van der Waals surface area contributed by atoms with Crippen molar-refractivity contribution in [3.05, 3.63) is 70.8 Å². The molecule has 132 valence electrons. The molecule has 1 aliphatic rings. The molecule has 0 unspecified atom stereocenters. The summed E-state index contributed by atoms with van der Waals surface area (Å²) >= 11 is 0. The zero-order valence-electron chi connectivity index (χ0n) is 14.6. The highest BCUT2D eigenvalue weighted by atomic mass is 16.4. The van der Waals surface area contributed by atoms with Crippen molar-refractivity contribution < 1.29 is 15.0 Å². The first-order valence-electron chi connectivity index (χ1n) is 8.76. The van der Waals surface area contributed by atoms with Crippen LogP contribution in [0.25, 0.3) is 0 Å². The predicted octanol–water partition coefficient (Wildman–Crippen LogP) is 3.26. The normalized spacial score (nSPS) is 17.4. The van der Waals surface area contributed by atoms with Gasteiger partial charge in [-0.1, -0.05) is 42.0 Å². The number of likely N-dealkylation sites (tertiary alicyclic amines) is 1. The van der Waals surface area contributed by atoms with E-state index >= 15 is 0 Å². The predicted molar refractivity (Wildman–Crippen MR) is 97.7 cm³/mol. The van der Waals surface area contributed by atoms with Crippen molar-refractivity contribution in [2.45, 2.75) is 38.3 Å². The van der Waals surface area contributed by atoms with Gasteiger partial charge >= 0.3 is 5.97 Å². The molecule has 0 atom stereocenters. The van der Waals surface area contributed by atoms with E-state index in [1.165, 1.54) is 11.1 Å². The zero-order chi connectivity index (χ0) is 17.9. The van der Waals surface area contributed by atoms with Crippen molar-refractivity contribution in [3.8, 4) is 0 Å². The van der Waals surface area contributed by atoms with E-state index in [0.29, 0.717) is 12.0 Å². The number of carbonyl (C=O) groups is 1. The molecule has 2 N–H and O–H groups in total. The molecule has 0 aromatic heterocycles. The Morgan fingerprint density at radius 1 is 1.08 bits per heavy atom. The molecule has 2 aromatic carbocycles. The van der Waals surface area contributed by atoms with Gasteiger partial charge in [0.1, 0.15) is 0 Å². The Bertz CT molecular complexity index is 748. The van der Waals surface area contributed by atoms with Crippen LogP contribution in [-0.2, 0) is 13.0 Å². The number of nitrogens with zero attached hydrogens (tertiary/aromatic N) is 1. The Kier molecular flexibility index (Phi) is 5.21. The molecule has 3 rings (SSSR count). The van der Waals surface area contributed by atoms with Gasteiger partial charge in [-0.25, -0.2) is 4.79 Å². The average molecular weight is 339 g/mol. The quantitative estimate of drug-likeness (QED) is 0.878. The van der Waals surface area contributed by atoms with Crippen LogP contribution in [-0.4, -0.2) is 39.8 Å². The highest BCUT2D eigenvalue weighted by Gasteiger charge is 2.32. The van der Waals surface area contributed by atoms with Gasteiger partial charge in [-0.05, 0) is 43.0 Å². The molecule has 0 spiro atoms. The summed E-state index contributed by atoms with van der Waals surface area (Å²) in [5.74, 6) is -0.895. The second kappa shape index (κ2) is 7.38. The summed E-state index contributed by atoms with van der Waals surface area (Å²) in [5.41, 5.74) is 3.09. The fraction of sp³-hybridized carbons (Fsp3) is 0.381. The highest BCUT2D eigenvalue weighted by molar-refractivity contribution is 5.87. The molecule has 25 heavy (non-hydrogen) atoms. The molecule has 1 saturated heterocycles. The Labute approximate surface area is 148 Å². The number of aryl methyl sites for hydroxylation is 1. The molecule has 0 amide bonds. The summed E-state index contributed by atoms with van der Waals surface area (Å²) in [6, 6.07) is 15.4. The van der Waals surface area contributed by atoms with Crippen LogP contribution in [0.3, 0.4) is 0 Å². The first kappa shape index (κ1) is 17.6. The number of piperidine rings is 1. The number of hydrogen-bond donors (Lipinski definition) is 2. The van der Waals surface area contributed by atoms with E-state index in [1.807, 2.05) is 12.1 Å². The van der Waals surface area contributed by atoms with Crippen molar-refractivity contribution in [2.75, 3.05) is 13.1 Å². The standard InChI is InChI=1S/C21H25NO3/c1-16-4-2-5-17(12-16)14-21(25)8-10-22(11-9-21)15-18-6-3-7-19(13-18)20(23)24/h2-7,12-13,25H,8-11,14-15H2,1H3,(H,23,24). The van der Waals surface area contributed by atoms with Crippen LogP contribution in [0, 0.1) is 6.92 Å². The van der Waals surface area contributed by atoms with Crippen LogP contribution < -0.4 is 0 Å². The van der Waals surface area contributed by atoms with Gasteiger partial charge in [0, 0.05) is 26.1 Å². The third-order valence-electron chi connectivity index (χ3n) is 4.98. The van der Waals surface area contributed by atoms with Gasteiger partial charge in [0.15, 0.2) is 0 Å². The van der Waals surface area contributed by atoms with Crippen molar-refractivity contribution >= 4 is 5.97 Å². The number of aliphatic hydroxyl groups is 1. The van der Waals surface area contributed by atoms with Crippen molar-refractivity contribution in [2.24, 2.45) is 0 Å². The number of benzene rings is 2. The van der Waals surface area contributed by atoms with E-state index < -0.39 is 11.6 Å². The second-order valence-electron chi connectivity index (χ2n) is 7.17. The lowest BCUT2D eigenvalue weighted by molar-refractivity contribution is -0.0224. The minimum Gasteiger partial charge on any atom is -0.478 e. The molecule has 1 aliphatic heterocycles. The smallest absolute Gasteiger partial charge is 0.335 e. The zero-order valence-corrected chi connectivity index (χ0v) is 14.6. The number of carboxylic acid groups (broad SMARTS) is 1. The van der Waals surface area contributed by atoms with Crippen molar-refractivity contribution in [1.82, 2.24) is 4.90 Å². The summed E-state index contributed by atoms with van der Waals surface area (Å²) in [6.07, 6.45) is 2.16. The molecule has 4 heteroatoms. The lowest BCUT2D eigenvalue weighted by atomic mass is 9.85. The van der Waals surface area contributed by atoms with E-state index in [2.05, 4.69) is 30.0 Å². The maximum Gasteiger partial charge on any atom is 0.335 e. The van der Waals surface area contributed by atoms with Crippen LogP contribution in [0.2, 0.25) is 0 Å². The third-order valence-corrected chi connectivity index (χ3v) is 4.98. The topological polar surface area (TPSA) is 60.8 Å². The molecule has 0 bridgehead atoms. The lowest BCUT2D eigenvalue weighted by Crippen LogP contribution is -2.45. The van der Waals surface area contributed by atoms with Gasteiger partial charge in [0.05, 0.1) is 11.2 Å². The first-order chi connectivity index (χ1) is 11.9. The Hall–Kier alpha value is -2.17. The van der Waals surface area contributed by atoms with E-state index in [4.69, 9.17) is 5.11 Å². The second-order valence-corrected chi connectivity index (χ2v) is 7.17. The van der Waals surface area contributed by atoms with E-state index in [9.17, 15) is 9.90 Å². The minimum absolute atomic E-state index is 0.325. The number of aromatic carboxylic acids is 1. The highest BCUT2D eigenvalue weighted by Crippen LogP contribution is 2.27. The molecule has 4 nitrogen and oxygen atoms in total. The van der Waals surface area contributed by atoms with E-state index in [1.54, 1.807) is 18.2 Å². The number of hydrogen-bond acceptors (Lipinski definition) is 3. The third kappa shape index (κ3) is 4.68. The van der Waals surface area contributed by atoms with Gasteiger partial charge in [0.25, 0.3) is 0 Å². The van der Waals surface area contributed by atoms with Gasteiger partial charge in [-0.3, -0.25) is 4.90 Å². The summed E-state index contributed by atoms with van der Waals surface area (Å²) in [4.78, 5) is 13.4. The molecule has 0 aliphatic carbocycles. The largest absolute Gasteiger partial charge is 0.478 e. The van der Waals surface area contributed by atoms with Crippen molar-refractivity contribution in [3.63, 3.8) is 0 Å². The van der Waals surface area contributed by atoms with Crippen LogP contribution >= 0.6 is 0 Å². The summed E-state index contributed by atoms with van der Waals surface area (Å²) < 4.78 is 0. The van der Waals surface area contributed by atoms with Crippen molar-refractivity contribution in [1.29, 1.82) is 0 Å². The molecular formula is C21H25NO3. The Morgan fingerprint density at radius 2 is 1.76 bits per heavy atom. The van der Waals surface area contributed by atoms with E-state index in [0.717, 1.165) is 38.0 Å². The summed E-state index contributed by atoms with van der Waals surface area (Å²) in [7, 11) is 0. The molecule has 0 radical (unpaired) electrons. The fourth-order valence-corrected chi connectivity index (χ4v) is 3.57. The fourth-order valence-electron chi connectivity index (χ4n) is 3.57. The van der Waals surface area contributed by atoms with Crippen LogP contribution in [0.5, 0.6) is 0 Å². The molecule has 1 fully saturated rings. The first-order valence-corrected chi connectivity index (χ1v) is 8.76. The summed E-state index contributed by atoms with van der Waals surface area (Å²) in [6.45, 7) is 4.43.